The monoisotopic (exact) mass is 763 g/mol. The van der Waals surface area contributed by atoms with Gasteiger partial charge in [-0.1, -0.05) is 71.9 Å². The maximum atomic E-state index is 13.7. The molecule has 0 aliphatic rings. The van der Waals surface area contributed by atoms with E-state index in [9.17, 15) is 48.6 Å². The predicted molar refractivity (Wildman–Crippen MR) is 195 cm³/mol. The summed E-state index contributed by atoms with van der Waals surface area (Å²) in [6.45, 7) is 15.6. The van der Waals surface area contributed by atoms with Crippen molar-refractivity contribution in [2.45, 2.75) is 125 Å². The molecule has 0 radical (unpaired) electrons. The summed E-state index contributed by atoms with van der Waals surface area (Å²) in [5.41, 5.74) is 3.17. The van der Waals surface area contributed by atoms with E-state index in [2.05, 4.69) is 21.3 Å². The van der Waals surface area contributed by atoms with Gasteiger partial charge < -0.3 is 46.7 Å². The summed E-state index contributed by atoms with van der Waals surface area (Å²) in [4.78, 5) is 103. The second-order valence-corrected chi connectivity index (χ2v) is 16.3. The molecule has 1 aromatic carbocycles. The zero-order valence-corrected chi connectivity index (χ0v) is 32.7. The van der Waals surface area contributed by atoms with Crippen LogP contribution in [0.25, 0.3) is 0 Å². The van der Waals surface area contributed by atoms with E-state index in [0.717, 1.165) is 0 Å². The molecule has 0 saturated carbocycles. The number of amides is 5. The molecule has 17 nitrogen and oxygen atoms in total. The van der Waals surface area contributed by atoms with Gasteiger partial charge in [-0.3, -0.25) is 28.8 Å². The number of carbonyl (C=O) groups is 8. The van der Waals surface area contributed by atoms with Crippen molar-refractivity contribution < 1.29 is 58.0 Å². The van der Waals surface area contributed by atoms with Crippen LogP contribution in [-0.4, -0.2) is 87.6 Å². The number of carbonyl (C=O) groups excluding carboxylic acids is 6. The Bertz CT molecular complexity index is 1510. The molecule has 0 fully saturated rings. The number of nitrogens with two attached hydrogens (primary N) is 1. The number of rotatable bonds is 18. The fraction of sp³-hybridized carbons (Fsp3) is 0.622. The van der Waals surface area contributed by atoms with Gasteiger partial charge in [0.2, 0.25) is 23.6 Å². The van der Waals surface area contributed by atoms with Crippen LogP contribution in [0.1, 0.15) is 94.1 Å². The van der Waals surface area contributed by atoms with Crippen LogP contribution in [0.2, 0.25) is 0 Å². The highest BCUT2D eigenvalue weighted by molar-refractivity contribution is 5.96. The van der Waals surface area contributed by atoms with Crippen LogP contribution in [0.3, 0.4) is 0 Å². The molecule has 5 amide bonds. The molecule has 2 unspecified atom stereocenters. The summed E-state index contributed by atoms with van der Waals surface area (Å²) in [6, 6.07) is 2.54. The van der Waals surface area contributed by atoms with Crippen molar-refractivity contribution in [3.63, 3.8) is 0 Å². The summed E-state index contributed by atoms with van der Waals surface area (Å²) in [5.74, 6) is -9.77. The third-order valence-corrected chi connectivity index (χ3v) is 8.25. The van der Waals surface area contributed by atoms with E-state index in [1.54, 1.807) is 92.6 Å². The molecule has 0 heterocycles. The van der Waals surface area contributed by atoms with E-state index in [0.29, 0.717) is 5.56 Å². The number of hydrogen-bond donors (Lipinski definition) is 7. The third-order valence-electron chi connectivity index (χ3n) is 8.25. The van der Waals surface area contributed by atoms with Crippen molar-refractivity contribution in [1.82, 2.24) is 21.3 Å². The molecule has 0 aromatic heterocycles. The topological polar surface area (TPSA) is 270 Å². The molecule has 1 rings (SSSR count). The lowest BCUT2D eigenvalue weighted by molar-refractivity contribution is -0.160. The first-order valence-corrected chi connectivity index (χ1v) is 17.5. The number of esters is 1. The van der Waals surface area contributed by atoms with Crippen molar-refractivity contribution >= 4 is 47.6 Å². The average molecular weight is 764 g/mol. The molecule has 8 N–H and O–H groups in total. The van der Waals surface area contributed by atoms with Gasteiger partial charge in [-0.25, -0.2) is 9.59 Å². The lowest BCUT2D eigenvalue weighted by Crippen LogP contribution is -2.58. The van der Waals surface area contributed by atoms with E-state index in [4.69, 9.17) is 15.2 Å². The van der Waals surface area contributed by atoms with E-state index in [-0.39, 0.29) is 13.0 Å². The van der Waals surface area contributed by atoms with Gasteiger partial charge in [-0.05, 0) is 56.9 Å². The van der Waals surface area contributed by atoms with Crippen molar-refractivity contribution in [3.05, 3.63) is 35.9 Å². The Hall–Kier alpha value is -5.22. The van der Waals surface area contributed by atoms with Crippen LogP contribution in [-0.2, 0) is 49.6 Å². The Morgan fingerprint density at radius 3 is 1.54 bits per heavy atom. The predicted octanol–water partition coefficient (Wildman–Crippen LogP) is 2.25. The highest BCUT2D eigenvalue weighted by atomic mass is 16.6. The molecule has 54 heavy (non-hydrogen) atoms. The molecular formula is C37H57N5O12. The number of nitrogens with one attached hydrogen (secondary N) is 4. The fourth-order valence-electron chi connectivity index (χ4n) is 5.21. The zero-order chi connectivity index (χ0) is 41.8. The SMILES string of the molecule is C[C@H](NC(=O)[C@H](CC(C(=O)O)C(C)(C)C)NC(=O)OCc1ccccc1)C(=O)N[C@@H](CC(C(=O)O)C(C)(C)C)C(=O)N[C@@H](CC(N)=O)C(=O)OC(C)(C)C. The van der Waals surface area contributed by atoms with Gasteiger partial charge >= 0.3 is 24.0 Å². The highest BCUT2D eigenvalue weighted by Crippen LogP contribution is 2.31. The lowest BCUT2D eigenvalue weighted by atomic mass is 9.77. The minimum atomic E-state index is -1.62. The van der Waals surface area contributed by atoms with E-state index < -0.39 is 113 Å². The standard InChI is InChI=1S/C37H57N5O12/c1-20(39-29(45)25(17-23(32(49)50)36(5,6)7)42-34(52)53-19-21-14-12-11-13-15-21)28(44)40-24(16-22(31(47)48)35(2,3)4)30(46)41-26(18-27(38)43)33(51)54-37(8,9)10/h11-15,20,22-26H,16-19H2,1-10H3,(H2,38,43)(H,39,45)(H,40,44)(H,41,46)(H,42,52)(H,47,48)(H,49,50)/t20-,22?,23?,24-,25-,26-/m0/s1. The average Bonchev–Trinajstić information content (AvgIpc) is 3.01. The zero-order valence-electron chi connectivity index (χ0n) is 32.7. The Morgan fingerprint density at radius 2 is 1.11 bits per heavy atom. The summed E-state index contributed by atoms with van der Waals surface area (Å²) >= 11 is 0. The molecule has 302 valence electrons. The Balaban J connectivity index is 3.38. The third kappa shape index (κ3) is 16.6. The van der Waals surface area contributed by atoms with Crippen LogP contribution >= 0.6 is 0 Å². The van der Waals surface area contributed by atoms with Crippen molar-refractivity contribution in [2.75, 3.05) is 0 Å². The number of ether oxygens (including phenoxy) is 2. The summed E-state index contributed by atoms with van der Waals surface area (Å²) in [6.07, 6.45) is -2.55. The van der Waals surface area contributed by atoms with E-state index in [1.807, 2.05) is 0 Å². The molecule has 6 atom stereocenters. The maximum Gasteiger partial charge on any atom is 0.408 e. The quantitative estimate of drug-likeness (QED) is 0.106. The van der Waals surface area contributed by atoms with Gasteiger partial charge in [0.05, 0.1) is 18.3 Å². The highest BCUT2D eigenvalue weighted by Gasteiger charge is 2.40. The molecule has 1 aromatic rings. The first-order valence-electron chi connectivity index (χ1n) is 17.5. The Kier molecular flexibility index (Phi) is 17.1. The number of alkyl carbamates (subject to hydrolysis) is 1. The number of primary amides is 1. The summed E-state index contributed by atoms with van der Waals surface area (Å²) in [7, 11) is 0. The molecule has 0 saturated heterocycles. The number of carboxylic acids is 2. The van der Waals surface area contributed by atoms with Crippen LogP contribution in [0, 0.1) is 22.7 Å². The van der Waals surface area contributed by atoms with Crippen LogP contribution in [0.15, 0.2) is 30.3 Å². The number of benzene rings is 1. The fourth-order valence-corrected chi connectivity index (χ4v) is 5.21. The number of hydrogen-bond acceptors (Lipinski definition) is 10. The van der Waals surface area contributed by atoms with Crippen molar-refractivity contribution in [1.29, 1.82) is 0 Å². The van der Waals surface area contributed by atoms with Gasteiger partial charge in [0.25, 0.3) is 0 Å². The summed E-state index contributed by atoms with van der Waals surface area (Å²) < 4.78 is 10.5. The molecule has 0 aliphatic carbocycles. The summed E-state index contributed by atoms with van der Waals surface area (Å²) in [5, 5.41) is 29.5. The number of carboxylic acid groups (broad SMARTS) is 2. The second kappa shape index (κ2) is 19.7. The molecule has 17 heteroatoms. The number of aliphatic carboxylic acids is 2. The van der Waals surface area contributed by atoms with Crippen molar-refractivity contribution in [2.24, 2.45) is 28.4 Å². The van der Waals surface area contributed by atoms with Crippen molar-refractivity contribution in [3.8, 4) is 0 Å². The Labute approximate surface area is 315 Å². The van der Waals surface area contributed by atoms with Crippen LogP contribution in [0.5, 0.6) is 0 Å². The van der Waals surface area contributed by atoms with E-state index >= 15 is 0 Å². The van der Waals surface area contributed by atoms with Gasteiger partial charge in [-0.2, -0.15) is 0 Å². The smallest absolute Gasteiger partial charge is 0.408 e. The van der Waals surface area contributed by atoms with Crippen LogP contribution < -0.4 is 27.0 Å². The minimum Gasteiger partial charge on any atom is -0.481 e. The van der Waals surface area contributed by atoms with Gasteiger partial charge in [0.15, 0.2) is 0 Å². The van der Waals surface area contributed by atoms with Gasteiger partial charge in [-0.15, -0.1) is 0 Å². The molecule has 0 aliphatic heterocycles. The second-order valence-electron chi connectivity index (χ2n) is 16.3. The molecule has 0 bridgehead atoms. The minimum absolute atomic E-state index is 0.148. The van der Waals surface area contributed by atoms with Gasteiger partial charge in [0.1, 0.15) is 36.4 Å². The largest absolute Gasteiger partial charge is 0.481 e. The lowest BCUT2D eigenvalue weighted by Gasteiger charge is -2.32. The van der Waals surface area contributed by atoms with Crippen LogP contribution in [0.4, 0.5) is 4.79 Å². The van der Waals surface area contributed by atoms with E-state index in [1.165, 1.54) is 6.92 Å². The first kappa shape index (κ1) is 46.8. The first-order chi connectivity index (χ1) is 24.6. The molecule has 0 spiro atoms. The molecular weight excluding hydrogens is 706 g/mol. The normalized spacial score (nSPS) is 15.1. The maximum absolute atomic E-state index is 13.7. The Morgan fingerprint density at radius 1 is 0.667 bits per heavy atom. The van der Waals surface area contributed by atoms with Gasteiger partial charge in [0, 0.05) is 0 Å².